The van der Waals surface area contributed by atoms with Crippen molar-refractivity contribution in [3.8, 4) is 16.9 Å². The van der Waals surface area contributed by atoms with Crippen molar-refractivity contribution in [2.45, 2.75) is 13.3 Å². The van der Waals surface area contributed by atoms with Crippen LogP contribution in [0.4, 0.5) is 13.2 Å². The van der Waals surface area contributed by atoms with Crippen LogP contribution in [0.3, 0.4) is 0 Å². The molecule has 108 valence electrons. The van der Waals surface area contributed by atoms with Crippen LogP contribution < -0.4 is 4.74 Å². The lowest BCUT2D eigenvalue weighted by Gasteiger charge is -2.13. The number of fused-ring (bicyclic) bond motifs is 1. The number of aryl methyl sites for hydroxylation is 1. The molecule has 1 heterocycles. The second-order valence-corrected chi connectivity index (χ2v) is 5.67. The number of thiazole rings is 1. The van der Waals surface area contributed by atoms with E-state index in [4.69, 9.17) is 0 Å². The highest BCUT2D eigenvalue weighted by molar-refractivity contribution is 7.18. The van der Waals surface area contributed by atoms with Crippen LogP contribution in [0.25, 0.3) is 21.3 Å². The fraction of sp³-hybridized carbons (Fsp3) is 0.133. The van der Waals surface area contributed by atoms with E-state index in [9.17, 15) is 13.2 Å². The molecule has 21 heavy (non-hydrogen) atoms. The van der Waals surface area contributed by atoms with Crippen molar-refractivity contribution in [2.75, 3.05) is 0 Å². The molecule has 3 aromatic rings. The van der Waals surface area contributed by atoms with Crippen LogP contribution in [0.2, 0.25) is 0 Å². The van der Waals surface area contributed by atoms with Crippen molar-refractivity contribution < 1.29 is 17.9 Å². The third-order valence-electron chi connectivity index (χ3n) is 2.92. The van der Waals surface area contributed by atoms with Crippen LogP contribution >= 0.6 is 11.3 Å². The van der Waals surface area contributed by atoms with E-state index in [1.165, 1.54) is 17.4 Å². The van der Waals surface area contributed by atoms with Gasteiger partial charge in [0, 0.05) is 0 Å². The zero-order valence-electron chi connectivity index (χ0n) is 10.9. The van der Waals surface area contributed by atoms with Gasteiger partial charge in [-0.05, 0) is 24.6 Å². The van der Waals surface area contributed by atoms with Crippen molar-refractivity contribution >= 4 is 21.6 Å². The van der Waals surface area contributed by atoms with Crippen LogP contribution in [0, 0.1) is 6.92 Å². The van der Waals surface area contributed by atoms with Gasteiger partial charge in [-0.1, -0.05) is 30.3 Å². The molecule has 2 aromatic carbocycles. The summed E-state index contributed by atoms with van der Waals surface area (Å²) in [6.45, 7) is 1.82. The van der Waals surface area contributed by atoms with E-state index in [2.05, 4.69) is 9.72 Å². The van der Waals surface area contributed by atoms with Gasteiger partial charge in [-0.25, -0.2) is 4.98 Å². The molecule has 1 aromatic heterocycles. The SMILES string of the molecule is Cc1nc2c(-c3ccccc3)c(OC(F)(F)F)ccc2s1. The van der Waals surface area contributed by atoms with Gasteiger partial charge in [0.05, 0.1) is 20.8 Å². The van der Waals surface area contributed by atoms with Crippen molar-refractivity contribution in [3.63, 3.8) is 0 Å². The second kappa shape index (κ2) is 5.04. The molecule has 0 unspecified atom stereocenters. The van der Waals surface area contributed by atoms with Crippen molar-refractivity contribution in [1.29, 1.82) is 0 Å². The predicted molar refractivity (Wildman–Crippen MR) is 76.5 cm³/mol. The number of benzene rings is 2. The fourth-order valence-electron chi connectivity index (χ4n) is 2.18. The number of hydrogen-bond acceptors (Lipinski definition) is 3. The minimum absolute atomic E-state index is 0.230. The lowest BCUT2D eigenvalue weighted by molar-refractivity contribution is -0.274. The smallest absolute Gasteiger partial charge is 0.405 e. The molecule has 0 aliphatic heterocycles. The average Bonchev–Trinajstić information content (AvgIpc) is 2.78. The fourth-order valence-corrected chi connectivity index (χ4v) is 3.02. The minimum atomic E-state index is -4.73. The summed E-state index contributed by atoms with van der Waals surface area (Å²) >= 11 is 1.44. The summed E-state index contributed by atoms with van der Waals surface area (Å²) in [7, 11) is 0. The molecule has 0 radical (unpaired) electrons. The Balaban J connectivity index is 2.27. The van der Waals surface area contributed by atoms with Gasteiger partial charge in [-0.2, -0.15) is 0 Å². The van der Waals surface area contributed by atoms with Gasteiger partial charge in [-0.3, -0.25) is 0 Å². The third-order valence-corrected chi connectivity index (χ3v) is 3.85. The maximum Gasteiger partial charge on any atom is 0.573 e. The summed E-state index contributed by atoms with van der Waals surface area (Å²) in [5.74, 6) is -0.230. The molecule has 0 saturated heterocycles. The van der Waals surface area contributed by atoms with Gasteiger partial charge in [0.25, 0.3) is 0 Å². The van der Waals surface area contributed by atoms with Gasteiger partial charge in [0.15, 0.2) is 0 Å². The van der Waals surface area contributed by atoms with Gasteiger partial charge in [0.2, 0.25) is 0 Å². The van der Waals surface area contributed by atoms with Crippen LogP contribution in [0.1, 0.15) is 5.01 Å². The summed E-state index contributed by atoms with van der Waals surface area (Å²) in [5, 5.41) is 0.798. The van der Waals surface area contributed by atoms with Gasteiger partial charge in [0.1, 0.15) is 5.75 Å². The molecule has 0 spiro atoms. The van der Waals surface area contributed by atoms with E-state index >= 15 is 0 Å². The van der Waals surface area contributed by atoms with E-state index in [1.807, 2.05) is 6.92 Å². The summed E-state index contributed by atoms with van der Waals surface area (Å²) < 4.78 is 42.8. The normalized spacial score (nSPS) is 11.8. The van der Waals surface area contributed by atoms with E-state index < -0.39 is 6.36 Å². The minimum Gasteiger partial charge on any atom is -0.405 e. The maximum absolute atomic E-state index is 12.6. The van der Waals surface area contributed by atoms with E-state index in [0.717, 1.165) is 9.71 Å². The van der Waals surface area contributed by atoms with Crippen molar-refractivity contribution in [2.24, 2.45) is 0 Å². The second-order valence-electron chi connectivity index (χ2n) is 4.43. The average molecular weight is 309 g/mol. The third kappa shape index (κ3) is 2.85. The van der Waals surface area contributed by atoms with E-state index in [1.54, 1.807) is 36.4 Å². The molecule has 0 aliphatic carbocycles. The molecule has 0 amide bonds. The number of rotatable bonds is 2. The molecule has 0 N–H and O–H groups in total. The van der Waals surface area contributed by atoms with E-state index in [0.29, 0.717) is 16.6 Å². The Morgan fingerprint density at radius 1 is 1.05 bits per heavy atom. The maximum atomic E-state index is 12.6. The summed E-state index contributed by atoms with van der Waals surface area (Å²) in [6.07, 6.45) is -4.73. The summed E-state index contributed by atoms with van der Waals surface area (Å²) in [6, 6.07) is 11.8. The van der Waals surface area contributed by atoms with Crippen LogP contribution in [-0.4, -0.2) is 11.3 Å². The van der Waals surface area contributed by atoms with Gasteiger partial charge in [-0.15, -0.1) is 24.5 Å². The first-order valence-electron chi connectivity index (χ1n) is 6.15. The summed E-state index contributed by atoms with van der Waals surface area (Å²) in [4.78, 5) is 4.35. The van der Waals surface area contributed by atoms with Crippen molar-refractivity contribution in [1.82, 2.24) is 4.98 Å². The number of aromatic nitrogens is 1. The van der Waals surface area contributed by atoms with Gasteiger partial charge < -0.3 is 4.74 Å². The molecule has 0 fully saturated rings. The highest BCUT2D eigenvalue weighted by Crippen LogP contribution is 2.40. The molecule has 3 rings (SSSR count). The molecular formula is C15H10F3NOS. The zero-order chi connectivity index (χ0) is 15.0. The quantitative estimate of drug-likeness (QED) is 0.651. The number of halogens is 3. The molecule has 0 aliphatic rings. The molecule has 6 heteroatoms. The predicted octanol–water partition coefficient (Wildman–Crippen LogP) is 5.17. The first-order chi connectivity index (χ1) is 9.94. The lowest BCUT2D eigenvalue weighted by atomic mass is 10.0. The summed E-state index contributed by atoms with van der Waals surface area (Å²) in [5.41, 5.74) is 1.55. The monoisotopic (exact) mass is 309 g/mol. The van der Waals surface area contributed by atoms with Crippen LogP contribution in [0.15, 0.2) is 42.5 Å². The first kappa shape index (κ1) is 13.9. The standard InChI is InChI=1S/C15H10F3NOS/c1-9-19-14-12(21-9)8-7-11(20-15(16,17)18)13(14)10-5-3-2-4-6-10/h2-8H,1H3. The highest BCUT2D eigenvalue weighted by Gasteiger charge is 2.33. The highest BCUT2D eigenvalue weighted by atomic mass is 32.1. The Bertz CT molecular complexity index is 781. The Hall–Kier alpha value is -2.08. The van der Waals surface area contributed by atoms with Crippen LogP contribution in [-0.2, 0) is 0 Å². The lowest BCUT2D eigenvalue weighted by Crippen LogP contribution is -2.17. The van der Waals surface area contributed by atoms with E-state index in [-0.39, 0.29) is 5.75 Å². The van der Waals surface area contributed by atoms with Gasteiger partial charge >= 0.3 is 6.36 Å². The Kier molecular flexibility index (Phi) is 3.33. The van der Waals surface area contributed by atoms with Crippen LogP contribution in [0.5, 0.6) is 5.75 Å². The number of hydrogen-bond donors (Lipinski definition) is 0. The number of ether oxygens (including phenoxy) is 1. The number of nitrogens with zero attached hydrogens (tertiary/aromatic N) is 1. The van der Waals surface area contributed by atoms with Crippen molar-refractivity contribution in [3.05, 3.63) is 47.5 Å². The zero-order valence-corrected chi connectivity index (χ0v) is 11.8. The topological polar surface area (TPSA) is 22.1 Å². The Labute approximate surface area is 122 Å². The Morgan fingerprint density at radius 2 is 1.76 bits per heavy atom. The molecular weight excluding hydrogens is 299 g/mol. The Morgan fingerprint density at radius 3 is 2.43 bits per heavy atom. The molecule has 2 nitrogen and oxygen atoms in total. The molecule has 0 saturated carbocycles. The number of alkyl halides is 3. The molecule has 0 bridgehead atoms. The molecule has 0 atom stereocenters. The largest absolute Gasteiger partial charge is 0.573 e. The first-order valence-corrected chi connectivity index (χ1v) is 6.97.